The number of rotatable bonds is 5. The molecule has 0 spiro atoms. The molecule has 2 heterocycles. The quantitative estimate of drug-likeness (QED) is 0.883. The molecule has 1 aromatic carbocycles. The van der Waals surface area contributed by atoms with E-state index in [1.807, 2.05) is 24.3 Å². The molecule has 0 bridgehead atoms. The minimum absolute atomic E-state index is 0.0506. The maximum absolute atomic E-state index is 12.2. The monoisotopic (exact) mass is 300 g/mol. The molecule has 0 aliphatic carbocycles. The number of aromatic nitrogens is 2. The van der Waals surface area contributed by atoms with Crippen LogP contribution in [0.1, 0.15) is 26.1 Å². The van der Waals surface area contributed by atoms with Crippen molar-refractivity contribution in [3.8, 4) is 0 Å². The van der Waals surface area contributed by atoms with Crippen molar-refractivity contribution in [3.05, 3.63) is 40.4 Å². The molecule has 1 fully saturated rings. The second-order valence-electron chi connectivity index (χ2n) is 6.57. The Morgan fingerprint density at radius 3 is 2.91 bits per heavy atom. The van der Waals surface area contributed by atoms with Gasteiger partial charge in [-0.1, -0.05) is 26.0 Å². The zero-order chi connectivity index (χ0) is 15.6. The van der Waals surface area contributed by atoms with Gasteiger partial charge in [-0.05, 0) is 37.1 Å². The predicted octanol–water partition coefficient (Wildman–Crippen LogP) is 1.74. The average molecular weight is 300 g/mol. The van der Waals surface area contributed by atoms with Gasteiger partial charge < -0.3 is 10.3 Å². The first-order valence-corrected chi connectivity index (χ1v) is 8.01. The molecule has 0 radical (unpaired) electrons. The predicted molar refractivity (Wildman–Crippen MR) is 88.9 cm³/mol. The SMILES string of the molecule is CCN(Cc1nc2ccccc2c(=O)[nH]1)CC1(C)CCNC1. The second-order valence-corrected chi connectivity index (χ2v) is 6.57. The van der Waals surface area contributed by atoms with Gasteiger partial charge in [0, 0.05) is 13.1 Å². The van der Waals surface area contributed by atoms with Crippen molar-refractivity contribution in [2.75, 3.05) is 26.2 Å². The third-order valence-corrected chi connectivity index (χ3v) is 4.54. The molecule has 1 saturated heterocycles. The zero-order valence-corrected chi connectivity index (χ0v) is 13.4. The normalized spacial score (nSPS) is 21.8. The van der Waals surface area contributed by atoms with Gasteiger partial charge in [0.05, 0.1) is 17.4 Å². The van der Waals surface area contributed by atoms with Crippen molar-refractivity contribution in [2.45, 2.75) is 26.8 Å². The van der Waals surface area contributed by atoms with E-state index in [9.17, 15) is 4.79 Å². The Hall–Kier alpha value is -1.72. The number of hydrogen-bond acceptors (Lipinski definition) is 4. The fraction of sp³-hybridized carbons (Fsp3) is 0.529. The Labute approximate surface area is 130 Å². The number of para-hydroxylation sites is 1. The molecule has 5 nitrogen and oxygen atoms in total. The van der Waals surface area contributed by atoms with Gasteiger partial charge in [0.1, 0.15) is 5.82 Å². The summed E-state index contributed by atoms with van der Waals surface area (Å²) in [7, 11) is 0. The number of aromatic amines is 1. The van der Waals surface area contributed by atoms with Gasteiger partial charge in [-0.3, -0.25) is 9.69 Å². The average Bonchev–Trinajstić information content (AvgIpc) is 2.93. The van der Waals surface area contributed by atoms with E-state index < -0.39 is 0 Å². The summed E-state index contributed by atoms with van der Waals surface area (Å²) in [5.74, 6) is 0.750. The van der Waals surface area contributed by atoms with Gasteiger partial charge >= 0.3 is 0 Å². The van der Waals surface area contributed by atoms with Crippen LogP contribution in [0.2, 0.25) is 0 Å². The molecule has 2 N–H and O–H groups in total. The number of hydrogen-bond donors (Lipinski definition) is 2. The summed E-state index contributed by atoms with van der Waals surface area (Å²) in [6.45, 7) is 9.30. The van der Waals surface area contributed by atoms with E-state index in [-0.39, 0.29) is 5.56 Å². The Bertz CT molecular complexity index is 703. The summed E-state index contributed by atoms with van der Waals surface area (Å²) in [4.78, 5) is 22.1. The molecule has 0 amide bonds. The number of nitrogens with zero attached hydrogens (tertiary/aromatic N) is 2. The molecule has 0 saturated carbocycles. The zero-order valence-electron chi connectivity index (χ0n) is 13.4. The lowest BCUT2D eigenvalue weighted by Gasteiger charge is -2.30. The molecule has 1 atom stereocenters. The lowest BCUT2D eigenvalue weighted by Crippen LogP contribution is -2.37. The summed E-state index contributed by atoms with van der Waals surface area (Å²) in [5.41, 5.74) is 1.03. The van der Waals surface area contributed by atoms with Crippen LogP contribution in [0.15, 0.2) is 29.1 Å². The summed E-state index contributed by atoms with van der Waals surface area (Å²) in [6.07, 6.45) is 1.20. The fourth-order valence-electron chi connectivity index (χ4n) is 3.24. The van der Waals surface area contributed by atoms with Gasteiger partial charge in [0.25, 0.3) is 5.56 Å². The molecule has 1 unspecified atom stereocenters. The molecule has 1 aromatic heterocycles. The van der Waals surface area contributed by atoms with Crippen molar-refractivity contribution < 1.29 is 0 Å². The largest absolute Gasteiger partial charge is 0.316 e. The van der Waals surface area contributed by atoms with Crippen molar-refractivity contribution in [2.24, 2.45) is 5.41 Å². The summed E-state index contributed by atoms with van der Waals surface area (Å²) >= 11 is 0. The van der Waals surface area contributed by atoms with Gasteiger partial charge in [-0.15, -0.1) is 0 Å². The van der Waals surface area contributed by atoms with Crippen LogP contribution in [0, 0.1) is 5.41 Å². The minimum atomic E-state index is -0.0506. The van der Waals surface area contributed by atoms with Gasteiger partial charge in [0.2, 0.25) is 0 Å². The topological polar surface area (TPSA) is 61.0 Å². The highest BCUT2D eigenvalue weighted by Crippen LogP contribution is 2.26. The highest BCUT2D eigenvalue weighted by Gasteiger charge is 2.30. The van der Waals surface area contributed by atoms with Crippen LogP contribution in [0.4, 0.5) is 0 Å². The van der Waals surface area contributed by atoms with Crippen LogP contribution in [0.3, 0.4) is 0 Å². The number of H-pyrrole nitrogens is 1. The van der Waals surface area contributed by atoms with Crippen LogP contribution >= 0.6 is 0 Å². The number of nitrogens with one attached hydrogen (secondary N) is 2. The molecule has 22 heavy (non-hydrogen) atoms. The van der Waals surface area contributed by atoms with Crippen molar-refractivity contribution in [1.29, 1.82) is 0 Å². The fourth-order valence-corrected chi connectivity index (χ4v) is 3.24. The third kappa shape index (κ3) is 3.20. The smallest absolute Gasteiger partial charge is 0.258 e. The van der Waals surface area contributed by atoms with E-state index >= 15 is 0 Å². The first-order valence-electron chi connectivity index (χ1n) is 8.01. The highest BCUT2D eigenvalue weighted by molar-refractivity contribution is 5.77. The van der Waals surface area contributed by atoms with Gasteiger partial charge in [-0.25, -0.2) is 4.98 Å². The van der Waals surface area contributed by atoms with Crippen LogP contribution in [0.25, 0.3) is 10.9 Å². The van der Waals surface area contributed by atoms with E-state index in [1.54, 1.807) is 0 Å². The summed E-state index contributed by atoms with van der Waals surface area (Å²) in [5, 5.41) is 4.09. The van der Waals surface area contributed by atoms with E-state index in [1.165, 1.54) is 6.42 Å². The third-order valence-electron chi connectivity index (χ3n) is 4.54. The van der Waals surface area contributed by atoms with Crippen LogP contribution in [0.5, 0.6) is 0 Å². The van der Waals surface area contributed by atoms with Crippen LogP contribution in [-0.2, 0) is 6.54 Å². The molecule has 118 valence electrons. The lowest BCUT2D eigenvalue weighted by molar-refractivity contribution is 0.174. The van der Waals surface area contributed by atoms with E-state index in [2.05, 4.69) is 34.0 Å². The first kappa shape index (κ1) is 15.2. The molecule has 1 aliphatic rings. The van der Waals surface area contributed by atoms with Crippen LogP contribution in [-0.4, -0.2) is 41.0 Å². The number of benzene rings is 1. The molecule has 1 aliphatic heterocycles. The molecule has 2 aromatic rings. The maximum atomic E-state index is 12.2. The second kappa shape index (κ2) is 6.18. The van der Waals surface area contributed by atoms with Crippen molar-refractivity contribution in [1.82, 2.24) is 20.2 Å². The Morgan fingerprint density at radius 2 is 2.18 bits per heavy atom. The standard InChI is InChI=1S/C17H24N4O/c1-3-21(12-17(2)8-9-18-11-17)10-15-19-14-7-5-4-6-13(14)16(22)20-15/h4-7,18H,3,8-12H2,1-2H3,(H,19,20,22). The molecular formula is C17H24N4O. The van der Waals surface area contributed by atoms with E-state index in [0.717, 1.165) is 37.5 Å². The Morgan fingerprint density at radius 1 is 1.36 bits per heavy atom. The summed E-state index contributed by atoms with van der Waals surface area (Å²) in [6, 6.07) is 7.49. The van der Waals surface area contributed by atoms with Crippen LogP contribution < -0.4 is 10.9 Å². The van der Waals surface area contributed by atoms with E-state index in [4.69, 9.17) is 0 Å². The summed E-state index contributed by atoms with van der Waals surface area (Å²) < 4.78 is 0. The van der Waals surface area contributed by atoms with Gasteiger partial charge in [-0.2, -0.15) is 0 Å². The molecular weight excluding hydrogens is 276 g/mol. The van der Waals surface area contributed by atoms with Crippen molar-refractivity contribution in [3.63, 3.8) is 0 Å². The van der Waals surface area contributed by atoms with Gasteiger partial charge in [0.15, 0.2) is 0 Å². The van der Waals surface area contributed by atoms with E-state index in [0.29, 0.717) is 17.3 Å². The number of fused-ring (bicyclic) bond motifs is 1. The Kier molecular flexibility index (Phi) is 4.27. The maximum Gasteiger partial charge on any atom is 0.258 e. The van der Waals surface area contributed by atoms with Crippen molar-refractivity contribution >= 4 is 10.9 Å². The lowest BCUT2D eigenvalue weighted by atomic mass is 9.89. The highest BCUT2D eigenvalue weighted by atomic mass is 16.1. The minimum Gasteiger partial charge on any atom is -0.316 e. The molecule has 3 rings (SSSR count). The molecule has 5 heteroatoms. The first-order chi connectivity index (χ1) is 10.6. The Balaban J connectivity index is 1.80.